The van der Waals surface area contributed by atoms with Crippen molar-refractivity contribution < 1.29 is 13.2 Å². The lowest BCUT2D eigenvalue weighted by Crippen LogP contribution is -2.15. The van der Waals surface area contributed by atoms with Gasteiger partial charge in [0.05, 0.1) is 5.56 Å². The molecule has 0 aliphatic carbocycles. The largest absolute Gasteiger partial charge is 0.394 e. The second-order valence-corrected chi connectivity index (χ2v) is 2.09. The first-order valence-electron chi connectivity index (χ1n) is 2.98. The van der Waals surface area contributed by atoms with E-state index in [1.165, 1.54) is 0 Å². The van der Waals surface area contributed by atoms with Crippen molar-refractivity contribution in [2.24, 2.45) is 0 Å². The van der Waals surface area contributed by atoms with Crippen molar-refractivity contribution in [3.05, 3.63) is 27.9 Å². The van der Waals surface area contributed by atoms with Gasteiger partial charge in [-0.25, -0.2) is 13.2 Å². The summed E-state index contributed by atoms with van der Waals surface area (Å²) in [7, 11) is 0. The van der Waals surface area contributed by atoms with Gasteiger partial charge in [0.25, 0.3) is 12.0 Å². The Kier molecular flexibility index (Phi) is 2.07. The van der Waals surface area contributed by atoms with E-state index in [4.69, 9.17) is 5.73 Å². The smallest absolute Gasteiger partial charge is 0.271 e. The molecule has 0 aromatic carbocycles. The molecule has 0 fully saturated rings. The zero-order valence-corrected chi connectivity index (χ0v) is 5.77. The lowest BCUT2D eigenvalue weighted by Gasteiger charge is -2.03. The van der Waals surface area contributed by atoms with Crippen LogP contribution in [-0.4, -0.2) is 4.98 Å². The molecule has 0 spiro atoms. The summed E-state index contributed by atoms with van der Waals surface area (Å²) in [5, 5.41) is 0. The minimum absolute atomic E-state index is 0.556. The highest BCUT2D eigenvalue weighted by atomic mass is 19.3. The van der Waals surface area contributed by atoms with Gasteiger partial charge in [0.15, 0.2) is 0 Å². The van der Waals surface area contributed by atoms with Crippen LogP contribution in [0.25, 0.3) is 0 Å². The number of rotatable bonds is 1. The highest BCUT2D eigenvalue weighted by Crippen LogP contribution is 2.24. The SMILES string of the molecule is Nc1c(C(F)F)c(F)c[nH]c1=O. The minimum atomic E-state index is -3.08. The number of nitrogens with one attached hydrogen (secondary N) is 1. The van der Waals surface area contributed by atoms with Gasteiger partial charge in [-0.1, -0.05) is 0 Å². The Morgan fingerprint density at radius 2 is 2.08 bits per heavy atom. The van der Waals surface area contributed by atoms with Crippen LogP contribution >= 0.6 is 0 Å². The van der Waals surface area contributed by atoms with Gasteiger partial charge in [0, 0.05) is 6.20 Å². The number of aromatic nitrogens is 1. The molecule has 0 unspecified atom stereocenters. The molecule has 12 heavy (non-hydrogen) atoms. The number of alkyl halides is 2. The van der Waals surface area contributed by atoms with Crippen molar-refractivity contribution in [3.63, 3.8) is 0 Å². The number of hydrogen-bond donors (Lipinski definition) is 2. The summed E-state index contributed by atoms with van der Waals surface area (Å²) in [5.41, 5.74) is 2.19. The first-order chi connectivity index (χ1) is 5.54. The molecule has 0 aliphatic heterocycles. The van der Waals surface area contributed by atoms with E-state index in [2.05, 4.69) is 0 Å². The van der Waals surface area contributed by atoms with E-state index >= 15 is 0 Å². The van der Waals surface area contributed by atoms with Gasteiger partial charge in [-0.15, -0.1) is 0 Å². The van der Waals surface area contributed by atoms with Gasteiger partial charge in [0.2, 0.25) is 0 Å². The summed E-state index contributed by atoms with van der Waals surface area (Å²) >= 11 is 0. The van der Waals surface area contributed by atoms with E-state index in [1.807, 2.05) is 4.98 Å². The molecule has 0 saturated heterocycles. The van der Waals surface area contributed by atoms with Gasteiger partial charge < -0.3 is 10.7 Å². The molecular formula is C6H5F3N2O. The molecule has 1 heterocycles. The summed E-state index contributed by atoms with van der Waals surface area (Å²) in [6.07, 6.45) is -2.52. The van der Waals surface area contributed by atoms with Gasteiger partial charge in [-0.2, -0.15) is 0 Å². The summed E-state index contributed by atoms with van der Waals surface area (Å²) in [4.78, 5) is 12.5. The molecule has 1 aromatic rings. The van der Waals surface area contributed by atoms with Crippen LogP contribution in [0.4, 0.5) is 18.9 Å². The Balaban J connectivity index is 3.43. The fraction of sp³-hybridized carbons (Fsp3) is 0.167. The lowest BCUT2D eigenvalue weighted by molar-refractivity contribution is 0.147. The van der Waals surface area contributed by atoms with E-state index in [0.717, 1.165) is 0 Å². The molecule has 0 radical (unpaired) electrons. The Bertz CT molecular complexity index is 347. The summed E-state index contributed by atoms with van der Waals surface area (Å²) in [6, 6.07) is 0. The molecule has 0 saturated carbocycles. The zero-order valence-electron chi connectivity index (χ0n) is 5.77. The van der Waals surface area contributed by atoms with E-state index in [1.54, 1.807) is 0 Å². The van der Waals surface area contributed by atoms with Crippen molar-refractivity contribution in [3.8, 4) is 0 Å². The Morgan fingerprint density at radius 3 is 2.50 bits per heavy atom. The number of pyridine rings is 1. The number of aromatic amines is 1. The fourth-order valence-corrected chi connectivity index (χ4v) is 0.757. The predicted octanol–water partition coefficient (Wildman–Crippen LogP) is 1.03. The van der Waals surface area contributed by atoms with Crippen LogP contribution in [0.15, 0.2) is 11.0 Å². The molecule has 0 bridgehead atoms. The standard InChI is InChI=1S/C6H5F3N2O/c7-2-1-11-6(12)4(10)3(2)5(8)9/h1,5H,10H2,(H,11,12). The third-order valence-corrected chi connectivity index (χ3v) is 1.34. The average molecular weight is 178 g/mol. The van der Waals surface area contributed by atoms with Gasteiger partial charge in [0.1, 0.15) is 11.5 Å². The maximum Gasteiger partial charge on any atom is 0.271 e. The summed E-state index contributed by atoms with van der Waals surface area (Å²) in [6.45, 7) is 0. The molecule has 0 aliphatic rings. The third kappa shape index (κ3) is 1.27. The van der Waals surface area contributed by atoms with E-state index in [9.17, 15) is 18.0 Å². The van der Waals surface area contributed by atoms with Crippen LogP contribution in [0.3, 0.4) is 0 Å². The maximum atomic E-state index is 12.6. The summed E-state index contributed by atoms with van der Waals surface area (Å²) < 4.78 is 36.5. The second-order valence-electron chi connectivity index (χ2n) is 2.09. The van der Waals surface area contributed by atoms with Gasteiger partial charge in [-0.05, 0) is 0 Å². The quantitative estimate of drug-likeness (QED) is 0.674. The van der Waals surface area contributed by atoms with Crippen molar-refractivity contribution >= 4 is 5.69 Å². The van der Waals surface area contributed by atoms with Crippen LogP contribution in [0.5, 0.6) is 0 Å². The van der Waals surface area contributed by atoms with E-state index < -0.39 is 29.1 Å². The lowest BCUT2D eigenvalue weighted by atomic mass is 10.2. The topological polar surface area (TPSA) is 58.9 Å². The average Bonchev–Trinajstić information content (AvgIpc) is 1.97. The van der Waals surface area contributed by atoms with E-state index in [-0.39, 0.29) is 0 Å². The second kappa shape index (κ2) is 2.88. The highest BCUT2D eigenvalue weighted by molar-refractivity contribution is 5.45. The molecule has 3 N–H and O–H groups in total. The molecule has 1 rings (SSSR count). The molecule has 0 amide bonds. The van der Waals surface area contributed by atoms with Crippen LogP contribution in [0, 0.1) is 5.82 Å². The molecule has 6 heteroatoms. The van der Waals surface area contributed by atoms with Crippen LogP contribution in [-0.2, 0) is 0 Å². The third-order valence-electron chi connectivity index (χ3n) is 1.34. The van der Waals surface area contributed by atoms with Crippen molar-refractivity contribution in [2.45, 2.75) is 6.43 Å². The highest BCUT2D eigenvalue weighted by Gasteiger charge is 2.18. The fourth-order valence-electron chi connectivity index (χ4n) is 0.757. The van der Waals surface area contributed by atoms with Crippen LogP contribution < -0.4 is 11.3 Å². The molecule has 0 atom stereocenters. The Hall–Kier alpha value is -1.46. The number of nitrogens with two attached hydrogens (primary N) is 1. The number of halogens is 3. The first kappa shape index (κ1) is 8.63. The van der Waals surface area contributed by atoms with Crippen molar-refractivity contribution in [1.29, 1.82) is 0 Å². The minimum Gasteiger partial charge on any atom is -0.394 e. The number of H-pyrrole nitrogens is 1. The monoisotopic (exact) mass is 178 g/mol. The Morgan fingerprint density at radius 1 is 1.50 bits per heavy atom. The number of anilines is 1. The summed E-state index contributed by atoms with van der Waals surface area (Å²) in [5.74, 6) is -1.21. The normalized spacial score (nSPS) is 10.7. The van der Waals surface area contributed by atoms with Crippen LogP contribution in [0.1, 0.15) is 12.0 Å². The predicted molar refractivity (Wildman–Crippen MR) is 36.4 cm³/mol. The number of nitrogen functional groups attached to an aromatic ring is 1. The Labute approximate surface area is 65.0 Å². The number of hydrogen-bond acceptors (Lipinski definition) is 2. The van der Waals surface area contributed by atoms with Gasteiger partial charge in [-0.3, -0.25) is 4.79 Å². The molecule has 66 valence electrons. The first-order valence-corrected chi connectivity index (χ1v) is 2.98. The molecule has 1 aromatic heterocycles. The maximum absolute atomic E-state index is 12.6. The van der Waals surface area contributed by atoms with E-state index in [0.29, 0.717) is 6.20 Å². The molecule has 3 nitrogen and oxygen atoms in total. The van der Waals surface area contributed by atoms with Gasteiger partial charge >= 0.3 is 0 Å². The van der Waals surface area contributed by atoms with Crippen molar-refractivity contribution in [2.75, 3.05) is 5.73 Å². The van der Waals surface area contributed by atoms with Crippen molar-refractivity contribution in [1.82, 2.24) is 4.98 Å². The van der Waals surface area contributed by atoms with Crippen LogP contribution in [0.2, 0.25) is 0 Å². The molecular weight excluding hydrogens is 173 g/mol. The zero-order chi connectivity index (χ0) is 9.30.